The molecule has 0 heterocycles. The van der Waals surface area contributed by atoms with Crippen LogP contribution in [0.1, 0.15) is 33.1 Å². The molecule has 0 amide bonds. The van der Waals surface area contributed by atoms with Gasteiger partial charge in [0.15, 0.2) is 0 Å². The van der Waals surface area contributed by atoms with Crippen molar-refractivity contribution in [2.75, 3.05) is 19.4 Å². The molecule has 0 aliphatic carbocycles. The van der Waals surface area contributed by atoms with Crippen LogP contribution in [0.5, 0.6) is 5.75 Å². The Hall–Kier alpha value is -0.670. The van der Waals surface area contributed by atoms with Gasteiger partial charge < -0.3 is 10.1 Å². The second kappa shape index (κ2) is 9.29. The molecule has 2 nitrogen and oxygen atoms in total. The van der Waals surface area contributed by atoms with E-state index in [4.69, 9.17) is 4.74 Å². The number of para-hydroxylation sites is 1. The van der Waals surface area contributed by atoms with Crippen LogP contribution in [-0.2, 0) is 0 Å². The number of ether oxygens (including phenoxy) is 1. The average molecular weight is 267 g/mol. The lowest BCUT2D eigenvalue weighted by Crippen LogP contribution is -2.25. The molecule has 3 heteroatoms. The zero-order chi connectivity index (χ0) is 13.2. The fourth-order valence-electron chi connectivity index (χ4n) is 1.92. The maximum atomic E-state index is 5.34. The molecule has 0 aliphatic heterocycles. The van der Waals surface area contributed by atoms with Crippen molar-refractivity contribution in [3.63, 3.8) is 0 Å². The molecule has 1 aromatic rings. The monoisotopic (exact) mass is 267 g/mol. The SMILES string of the molecule is CCNC(C)CCCCSc1ccccc1OC. The van der Waals surface area contributed by atoms with E-state index in [1.54, 1.807) is 7.11 Å². The lowest BCUT2D eigenvalue weighted by Gasteiger charge is -2.11. The molecule has 18 heavy (non-hydrogen) atoms. The first-order valence-corrected chi connectivity index (χ1v) is 7.75. The van der Waals surface area contributed by atoms with Gasteiger partial charge in [0, 0.05) is 10.9 Å². The van der Waals surface area contributed by atoms with Gasteiger partial charge in [0.05, 0.1) is 7.11 Å². The van der Waals surface area contributed by atoms with Crippen LogP contribution in [-0.4, -0.2) is 25.4 Å². The minimum Gasteiger partial charge on any atom is -0.496 e. The highest BCUT2D eigenvalue weighted by atomic mass is 32.2. The maximum absolute atomic E-state index is 5.34. The molecular weight excluding hydrogens is 242 g/mol. The van der Waals surface area contributed by atoms with Crippen LogP contribution < -0.4 is 10.1 Å². The third-order valence-corrected chi connectivity index (χ3v) is 4.05. The number of nitrogens with one attached hydrogen (secondary N) is 1. The van der Waals surface area contributed by atoms with E-state index in [1.807, 2.05) is 23.9 Å². The summed E-state index contributed by atoms with van der Waals surface area (Å²) in [6.07, 6.45) is 3.81. The molecule has 1 aromatic carbocycles. The third-order valence-electron chi connectivity index (χ3n) is 2.91. The summed E-state index contributed by atoms with van der Waals surface area (Å²) >= 11 is 1.89. The van der Waals surface area contributed by atoms with Gasteiger partial charge in [-0.1, -0.05) is 25.5 Å². The van der Waals surface area contributed by atoms with E-state index in [1.165, 1.54) is 29.9 Å². The minimum absolute atomic E-state index is 0.645. The molecule has 1 atom stereocenters. The van der Waals surface area contributed by atoms with Gasteiger partial charge in [0.1, 0.15) is 5.75 Å². The molecule has 0 spiro atoms. The predicted octanol–water partition coefficient (Wildman–Crippen LogP) is 3.96. The van der Waals surface area contributed by atoms with Crippen LogP contribution >= 0.6 is 11.8 Å². The highest BCUT2D eigenvalue weighted by molar-refractivity contribution is 7.99. The average Bonchev–Trinajstić information content (AvgIpc) is 2.39. The number of methoxy groups -OCH3 is 1. The Bertz CT molecular complexity index is 330. The Morgan fingerprint density at radius 3 is 2.78 bits per heavy atom. The second-order valence-corrected chi connectivity index (χ2v) is 5.59. The zero-order valence-corrected chi connectivity index (χ0v) is 12.6. The summed E-state index contributed by atoms with van der Waals surface area (Å²) in [6, 6.07) is 8.88. The van der Waals surface area contributed by atoms with Gasteiger partial charge in [-0.15, -0.1) is 11.8 Å². The molecule has 0 saturated heterocycles. The van der Waals surface area contributed by atoms with Crippen molar-refractivity contribution in [3.05, 3.63) is 24.3 Å². The third kappa shape index (κ3) is 5.78. The number of hydrogen-bond acceptors (Lipinski definition) is 3. The number of unbranched alkanes of at least 4 members (excludes halogenated alkanes) is 1. The van der Waals surface area contributed by atoms with E-state index in [9.17, 15) is 0 Å². The number of rotatable bonds is 9. The van der Waals surface area contributed by atoms with Crippen LogP contribution in [0.2, 0.25) is 0 Å². The quantitative estimate of drug-likeness (QED) is 0.540. The van der Waals surface area contributed by atoms with Gasteiger partial charge in [-0.3, -0.25) is 0 Å². The van der Waals surface area contributed by atoms with Crippen molar-refractivity contribution in [2.45, 2.75) is 44.0 Å². The lowest BCUT2D eigenvalue weighted by atomic mass is 10.1. The zero-order valence-electron chi connectivity index (χ0n) is 11.7. The van der Waals surface area contributed by atoms with E-state index >= 15 is 0 Å². The van der Waals surface area contributed by atoms with Gasteiger partial charge >= 0.3 is 0 Å². The fourth-order valence-corrected chi connectivity index (χ4v) is 2.96. The lowest BCUT2D eigenvalue weighted by molar-refractivity contribution is 0.405. The van der Waals surface area contributed by atoms with Gasteiger partial charge in [0.25, 0.3) is 0 Å². The van der Waals surface area contributed by atoms with Gasteiger partial charge in [-0.25, -0.2) is 0 Å². The summed E-state index contributed by atoms with van der Waals surface area (Å²) in [5.41, 5.74) is 0. The van der Waals surface area contributed by atoms with E-state index in [0.717, 1.165) is 12.3 Å². The number of thioether (sulfide) groups is 1. The summed E-state index contributed by atoms with van der Waals surface area (Å²) in [5, 5.41) is 3.45. The molecule has 0 radical (unpaired) electrons. The number of hydrogen-bond donors (Lipinski definition) is 1. The fraction of sp³-hybridized carbons (Fsp3) is 0.600. The Kier molecular flexibility index (Phi) is 7.94. The standard InChI is InChI=1S/C15H25NOS/c1-4-16-13(2)9-7-8-12-18-15-11-6-5-10-14(15)17-3/h5-6,10-11,13,16H,4,7-9,12H2,1-3H3. The van der Waals surface area contributed by atoms with Crippen molar-refractivity contribution in [1.29, 1.82) is 0 Å². The topological polar surface area (TPSA) is 21.3 Å². The van der Waals surface area contributed by atoms with Crippen LogP contribution in [0.25, 0.3) is 0 Å². The Morgan fingerprint density at radius 1 is 1.28 bits per heavy atom. The molecule has 102 valence electrons. The van der Waals surface area contributed by atoms with Crippen LogP contribution in [0, 0.1) is 0 Å². The molecule has 0 aliphatic rings. The Balaban J connectivity index is 2.17. The molecule has 1 unspecified atom stereocenters. The summed E-state index contributed by atoms with van der Waals surface area (Å²) < 4.78 is 5.34. The summed E-state index contributed by atoms with van der Waals surface area (Å²) in [4.78, 5) is 1.25. The molecular formula is C15H25NOS. The van der Waals surface area contributed by atoms with E-state index in [-0.39, 0.29) is 0 Å². The largest absolute Gasteiger partial charge is 0.496 e. The summed E-state index contributed by atoms with van der Waals surface area (Å²) in [5.74, 6) is 2.16. The van der Waals surface area contributed by atoms with E-state index in [0.29, 0.717) is 6.04 Å². The van der Waals surface area contributed by atoms with Crippen LogP contribution in [0.15, 0.2) is 29.2 Å². The van der Waals surface area contributed by atoms with Gasteiger partial charge in [-0.2, -0.15) is 0 Å². The summed E-state index contributed by atoms with van der Waals surface area (Å²) in [6.45, 7) is 5.49. The molecule has 1 N–H and O–H groups in total. The first-order valence-electron chi connectivity index (χ1n) is 6.77. The molecule has 0 bridgehead atoms. The first kappa shape index (κ1) is 15.4. The van der Waals surface area contributed by atoms with Crippen molar-refractivity contribution >= 4 is 11.8 Å². The first-order chi connectivity index (χ1) is 8.77. The van der Waals surface area contributed by atoms with E-state index in [2.05, 4.69) is 31.3 Å². The maximum Gasteiger partial charge on any atom is 0.132 e. The van der Waals surface area contributed by atoms with Crippen molar-refractivity contribution < 1.29 is 4.74 Å². The second-order valence-electron chi connectivity index (χ2n) is 4.45. The van der Waals surface area contributed by atoms with E-state index < -0.39 is 0 Å². The van der Waals surface area contributed by atoms with Gasteiger partial charge in [0.2, 0.25) is 0 Å². The smallest absolute Gasteiger partial charge is 0.132 e. The van der Waals surface area contributed by atoms with Crippen LogP contribution in [0.3, 0.4) is 0 Å². The normalized spacial score (nSPS) is 12.4. The van der Waals surface area contributed by atoms with Crippen molar-refractivity contribution in [1.82, 2.24) is 5.32 Å². The summed E-state index contributed by atoms with van der Waals surface area (Å²) in [7, 11) is 1.73. The highest BCUT2D eigenvalue weighted by Gasteiger charge is 2.03. The number of benzene rings is 1. The van der Waals surface area contributed by atoms with Crippen molar-refractivity contribution in [2.24, 2.45) is 0 Å². The highest BCUT2D eigenvalue weighted by Crippen LogP contribution is 2.29. The molecule has 1 rings (SSSR count). The predicted molar refractivity (Wildman–Crippen MR) is 80.7 cm³/mol. The van der Waals surface area contributed by atoms with Crippen molar-refractivity contribution in [3.8, 4) is 5.75 Å². The van der Waals surface area contributed by atoms with Crippen LogP contribution in [0.4, 0.5) is 0 Å². The Morgan fingerprint density at radius 2 is 2.06 bits per heavy atom. The molecule has 0 fully saturated rings. The Labute approximate surface area is 116 Å². The molecule has 0 aromatic heterocycles. The molecule has 0 saturated carbocycles. The van der Waals surface area contributed by atoms with Gasteiger partial charge in [-0.05, 0) is 44.2 Å². The minimum atomic E-state index is 0.645.